The van der Waals surface area contributed by atoms with Crippen molar-refractivity contribution in [3.8, 4) is 5.75 Å². The van der Waals surface area contributed by atoms with Gasteiger partial charge in [0.05, 0.1) is 23.5 Å². The van der Waals surface area contributed by atoms with E-state index in [9.17, 15) is 4.79 Å². The van der Waals surface area contributed by atoms with E-state index in [0.29, 0.717) is 23.4 Å². The molecule has 0 radical (unpaired) electrons. The van der Waals surface area contributed by atoms with Crippen LogP contribution in [0.2, 0.25) is 0 Å². The maximum atomic E-state index is 11.1. The predicted molar refractivity (Wildman–Crippen MR) is 86.2 cm³/mol. The molecule has 1 aromatic carbocycles. The van der Waals surface area contributed by atoms with E-state index >= 15 is 0 Å². The van der Waals surface area contributed by atoms with E-state index in [1.54, 1.807) is 7.11 Å². The fraction of sp³-hybridized carbons (Fsp3) is 0.294. The highest BCUT2D eigenvalue weighted by molar-refractivity contribution is 6.51. The fourth-order valence-corrected chi connectivity index (χ4v) is 3.18. The molecule has 5 heteroatoms. The quantitative estimate of drug-likeness (QED) is 0.814. The van der Waals surface area contributed by atoms with E-state index < -0.39 is 0 Å². The third kappa shape index (κ3) is 2.55. The van der Waals surface area contributed by atoms with Crippen LogP contribution in [0.1, 0.15) is 28.9 Å². The number of rotatable bonds is 4. The van der Waals surface area contributed by atoms with Crippen molar-refractivity contribution >= 4 is 22.9 Å². The van der Waals surface area contributed by atoms with Gasteiger partial charge in [-0.2, -0.15) is 5.10 Å². The lowest BCUT2D eigenvalue weighted by atomic mass is 9.94. The number of aromatic nitrogens is 2. The van der Waals surface area contributed by atoms with Gasteiger partial charge < -0.3 is 4.74 Å². The van der Waals surface area contributed by atoms with Gasteiger partial charge in [-0.3, -0.25) is 9.48 Å². The number of aryl methyl sites for hydroxylation is 2. The minimum absolute atomic E-state index is 0.549. The lowest BCUT2D eigenvalue weighted by Crippen LogP contribution is -2.04. The van der Waals surface area contributed by atoms with Gasteiger partial charge in [0.2, 0.25) is 0 Å². The van der Waals surface area contributed by atoms with Crippen LogP contribution in [0.15, 0.2) is 29.8 Å². The van der Waals surface area contributed by atoms with Crippen LogP contribution in [0.3, 0.4) is 0 Å². The highest BCUT2D eigenvalue weighted by atomic mass is 35.5. The van der Waals surface area contributed by atoms with Gasteiger partial charge in [0.25, 0.3) is 0 Å². The molecule has 3 rings (SSSR count). The second-order valence-electron chi connectivity index (χ2n) is 5.37. The van der Waals surface area contributed by atoms with Crippen molar-refractivity contribution in [3.63, 3.8) is 0 Å². The number of fused-ring (bicyclic) bond motifs is 1. The molecule has 0 spiro atoms. The summed E-state index contributed by atoms with van der Waals surface area (Å²) >= 11 is 6.42. The normalized spacial score (nSPS) is 14.0. The van der Waals surface area contributed by atoms with E-state index in [-0.39, 0.29) is 0 Å². The Labute approximate surface area is 134 Å². The standard InChI is InChI=1S/C17H17ClN2O2/c1-20-15(9-11-3-6-13(22-2)7-4-11)16-14(19-20)8-5-12(10-21)17(16)18/h3-4,6-7,10H,5,8-9H2,1-2H3. The Morgan fingerprint density at radius 3 is 2.68 bits per heavy atom. The fourth-order valence-electron chi connectivity index (χ4n) is 2.82. The number of hydrogen-bond donors (Lipinski definition) is 0. The Morgan fingerprint density at radius 2 is 2.05 bits per heavy atom. The molecule has 0 saturated carbocycles. The first kappa shape index (κ1) is 14.9. The van der Waals surface area contributed by atoms with E-state index in [0.717, 1.165) is 41.0 Å². The molecule has 22 heavy (non-hydrogen) atoms. The number of benzene rings is 1. The lowest BCUT2D eigenvalue weighted by molar-refractivity contribution is -0.105. The van der Waals surface area contributed by atoms with Crippen molar-refractivity contribution in [1.82, 2.24) is 9.78 Å². The van der Waals surface area contributed by atoms with Crippen molar-refractivity contribution in [2.75, 3.05) is 7.11 Å². The Morgan fingerprint density at radius 1 is 1.32 bits per heavy atom. The predicted octanol–water partition coefficient (Wildman–Crippen LogP) is 3.11. The highest BCUT2D eigenvalue weighted by Crippen LogP contribution is 2.36. The molecular formula is C17H17ClN2O2. The summed E-state index contributed by atoms with van der Waals surface area (Å²) in [6, 6.07) is 7.93. The van der Waals surface area contributed by atoms with Gasteiger partial charge in [-0.15, -0.1) is 0 Å². The van der Waals surface area contributed by atoms with Crippen LogP contribution in [0.25, 0.3) is 5.03 Å². The zero-order valence-corrected chi connectivity index (χ0v) is 13.4. The molecule has 0 atom stereocenters. The molecule has 1 heterocycles. The van der Waals surface area contributed by atoms with Crippen molar-refractivity contribution in [2.24, 2.45) is 7.05 Å². The number of nitrogens with zero attached hydrogens (tertiary/aromatic N) is 2. The summed E-state index contributed by atoms with van der Waals surface area (Å²) in [5, 5.41) is 5.11. The van der Waals surface area contributed by atoms with Crippen molar-refractivity contribution in [3.05, 3.63) is 52.4 Å². The number of hydrogen-bond acceptors (Lipinski definition) is 3. The third-order valence-electron chi connectivity index (χ3n) is 4.04. The molecule has 0 unspecified atom stereocenters. The van der Waals surface area contributed by atoms with E-state index in [1.165, 1.54) is 0 Å². The maximum Gasteiger partial charge on any atom is 0.147 e. The molecule has 0 N–H and O–H groups in total. The van der Waals surface area contributed by atoms with E-state index in [2.05, 4.69) is 5.10 Å². The van der Waals surface area contributed by atoms with Gasteiger partial charge in [-0.05, 0) is 30.5 Å². The summed E-state index contributed by atoms with van der Waals surface area (Å²) < 4.78 is 7.05. The Balaban J connectivity index is 2.00. The van der Waals surface area contributed by atoms with Crippen LogP contribution in [0.4, 0.5) is 0 Å². The summed E-state index contributed by atoms with van der Waals surface area (Å²) in [6.45, 7) is 0. The minimum atomic E-state index is 0.549. The SMILES string of the molecule is COc1ccc(Cc2c3c(nn2C)CCC(C=O)=C3Cl)cc1. The molecule has 4 nitrogen and oxygen atoms in total. The van der Waals surface area contributed by atoms with Crippen LogP contribution in [0, 0.1) is 0 Å². The van der Waals surface area contributed by atoms with Crippen LogP contribution in [-0.2, 0) is 24.7 Å². The van der Waals surface area contributed by atoms with Gasteiger partial charge in [-0.1, -0.05) is 23.7 Å². The minimum Gasteiger partial charge on any atom is -0.497 e. The first-order valence-electron chi connectivity index (χ1n) is 7.16. The molecule has 1 aliphatic rings. The van der Waals surface area contributed by atoms with E-state index in [4.69, 9.17) is 16.3 Å². The second-order valence-corrected chi connectivity index (χ2v) is 5.75. The lowest BCUT2D eigenvalue weighted by Gasteiger charge is -2.13. The zero-order chi connectivity index (χ0) is 15.7. The monoisotopic (exact) mass is 316 g/mol. The molecule has 2 aromatic rings. The number of methoxy groups -OCH3 is 1. The van der Waals surface area contributed by atoms with Gasteiger partial charge in [0.1, 0.15) is 12.0 Å². The maximum absolute atomic E-state index is 11.1. The Hall–Kier alpha value is -2.07. The molecule has 114 valence electrons. The second kappa shape index (κ2) is 5.97. The summed E-state index contributed by atoms with van der Waals surface area (Å²) in [6.07, 6.45) is 2.99. The van der Waals surface area contributed by atoms with Crippen LogP contribution < -0.4 is 4.74 Å². The van der Waals surface area contributed by atoms with Crippen molar-refractivity contribution < 1.29 is 9.53 Å². The first-order chi connectivity index (χ1) is 10.6. The summed E-state index contributed by atoms with van der Waals surface area (Å²) in [5.41, 5.74) is 4.74. The topological polar surface area (TPSA) is 44.1 Å². The van der Waals surface area contributed by atoms with Crippen molar-refractivity contribution in [2.45, 2.75) is 19.3 Å². The number of carbonyl (C=O) groups is 1. The molecule has 0 amide bonds. The van der Waals surface area contributed by atoms with E-state index in [1.807, 2.05) is 36.0 Å². The first-order valence-corrected chi connectivity index (χ1v) is 7.53. The zero-order valence-electron chi connectivity index (χ0n) is 12.6. The number of allylic oxidation sites excluding steroid dienone is 1. The number of aldehydes is 1. The number of ether oxygens (including phenoxy) is 1. The molecular weight excluding hydrogens is 300 g/mol. The van der Waals surface area contributed by atoms with Gasteiger partial charge in [0, 0.05) is 24.6 Å². The largest absolute Gasteiger partial charge is 0.497 e. The summed E-state index contributed by atoms with van der Waals surface area (Å²) in [5.74, 6) is 0.831. The van der Waals surface area contributed by atoms with Crippen LogP contribution >= 0.6 is 11.6 Å². The highest BCUT2D eigenvalue weighted by Gasteiger charge is 2.25. The molecule has 1 aliphatic carbocycles. The van der Waals surface area contributed by atoms with Gasteiger partial charge >= 0.3 is 0 Å². The molecule has 0 aliphatic heterocycles. The van der Waals surface area contributed by atoms with Gasteiger partial charge in [-0.25, -0.2) is 0 Å². The van der Waals surface area contributed by atoms with Crippen molar-refractivity contribution in [1.29, 1.82) is 0 Å². The Bertz CT molecular complexity index is 745. The van der Waals surface area contributed by atoms with Crippen LogP contribution in [-0.4, -0.2) is 23.2 Å². The summed E-state index contributed by atoms with van der Waals surface area (Å²) in [4.78, 5) is 11.1. The smallest absolute Gasteiger partial charge is 0.147 e. The third-order valence-corrected chi connectivity index (χ3v) is 4.48. The number of carbonyl (C=O) groups excluding carboxylic acids is 1. The molecule has 0 saturated heterocycles. The summed E-state index contributed by atoms with van der Waals surface area (Å²) in [7, 11) is 3.57. The average molecular weight is 317 g/mol. The van der Waals surface area contributed by atoms with Gasteiger partial charge in [0.15, 0.2) is 0 Å². The Kier molecular flexibility index (Phi) is 4.03. The molecule has 0 fully saturated rings. The average Bonchev–Trinajstić information content (AvgIpc) is 2.85. The van der Waals surface area contributed by atoms with Crippen LogP contribution in [0.5, 0.6) is 5.75 Å². The molecule has 1 aromatic heterocycles. The number of halogens is 1. The molecule has 0 bridgehead atoms.